The third kappa shape index (κ3) is 4.63. The van der Waals surface area contributed by atoms with E-state index in [1.807, 2.05) is 19.1 Å². The van der Waals surface area contributed by atoms with Gasteiger partial charge in [0, 0.05) is 73.5 Å². The molecule has 190 valence electrons. The highest BCUT2D eigenvalue weighted by Crippen LogP contribution is 2.30. The number of aromatic nitrogens is 2. The van der Waals surface area contributed by atoms with E-state index < -0.39 is 16.1 Å². The predicted molar refractivity (Wildman–Crippen MR) is 137 cm³/mol. The smallest absolute Gasteiger partial charge is 0.283 e. The molecule has 1 N–H and O–H groups in total. The van der Waals surface area contributed by atoms with E-state index in [9.17, 15) is 18.5 Å². The van der Waals surface area contributed by atoms with Crippen molar-refractivity contribution in [2.75, 3.05) is 33.7 Å². The largest absolute Gasteiger partial charge is 0.345 e. The molecule has 2 aromatic heterocycles. The Hall–Kier alpha value is -2.53. The summed E-state index contributed by atoms with van der Waals surface area (Å²) in [4.78, 5) is 23.9. The Bertz CT molecular complexity index is 1430. The lowest BCUT2D eigenvalue weighted by atomic mass is 10.1. The number of nitrogens with zero attached hydrogens (tertiary/aromatic N) is 6. The van der Waals surface area contributed by atoms with Crippen LogP contribution in [0.15, 0.2) is 29.3 Å². The average Bonchev–Trinajstić information content (AvgIpc) is 3.46. The summed E-state index contributed by atoms with van der Waals surface area (Å²) in [5.41, 5.74) is 1.58. The number of halogens is 1. The molecule has 4 heterocycles. The molecule has 0 aliphatic carbocycles. The molecule has 1 amide bonds. The van der Waals surface area contributed by atoms with Gasteiger partial charge in [0.1, 0.15) is 5.03 Å². The second kappa shape index (κ2) is 9.74. The fraction of sp³-hybridized carbons (Fsp3) is 0.435. The fourth-order valence-corrected chi connectivity index (χ4v) is 7.39. The maximum atomic E-state index is 13.5. The molecule has 1 unspecified atom stereocenters. The number of hydrogen-bond acceptors (Lipinski definition) is 8. The van der Waals surface area contributed by atoms with Gasteiger partial charge in [0.2, 0.25) is 0 Å². The van der Waals surface area contributed by atoms with Crippen LogP contribution in [-0.2, 0) is 23.1 Å². The molecule has 1 fully saturated rings. The summed E-state index contributed by atoms with van der Waals surface area (Å²) in [5, 5.41) is 15.0. The number of H-pyrrole nitrogens is 1. The van der Waals surface area contributed by atoms with Gasteiger partial charge in [-0.05, 0) is 30.7 Å². The lowest BCUT2D eigenvalue weighted by molar-refractivity contribution is -0.00173. The van der Waals surface area contributed by atoms with Gasteiger partial charge in [-0.25, -0.2) is 23.4 Å². The third-order valence-corrected chi connectivity index (χ3v) is 9.86. The van der Waals surface area contributed by atoms with Gasteiger partial charge in [-0.15, -0.1) is 11.3 Å². The molecule has 3 aromatic rings. The first-order valence-electron chi connectivity index (χ1n) is 11.5. The molecule has 2 aliphatic rings. The number of amides is 1. The SMILES string of the molecule is CN1Cc2nc(C(=O)N3CCN(S(=O)(=O)c4cc5cc(Cl)ccc5[nH]4)CC3CCC#N)sc2CN1C. The van der Waals surface area contributed by atoms with Crippen molar-refractivity contribution in [3.63, 3.8) is 0 Å². The van der Waals surface area contributed by atoms with E-state index in [2.05, 4.69) is 21.0 Å². The number of nitriles is 1. The standard InChI is InChI=1S/C23H26ClN7O3S2/c1-28-13-19-20(14-29(28)2)35-22(27-19)23(32)31-9-8-30(12-17(31)4-3-7-25)36(33,34)21-11-15-10-16(24)5-6-18(15)26-21/h5-6,10-11,17,26H,3-4,8-9,12-14H2,1-2H3. The lowest BCUT2D eigenvalue weighted by Crippen LogP contribution is -2.56. The van der Waals surface area contributed by atoms with Gasteiger partial charge >= 0.3 is 0 Å². The van der Waals surface area contributed by atoms with E-state index in [4.69, 9.17) is 11.6 Å². The first-order valence-corrected chi connectivity index (χ1v) is 14.2. The summed E-state index contributed by atoms with van der Waals surface area (Å²) in [6.45, 7) is 1.82. The zero-order valence-electron chi connectivity index (χ0n) is 19.9. The predicted octanol–water partition coefficient (Wildman–Crippen LogP) is 2.89. The summed E-state index contributed by atoms with van der Waals surface area (Å²) in [7, 11) is 0.132. The van der Waals surface area contributed by atoms with Crippen molar-refractivity contribution in [3.05, 3.63) is 44.9 Å². The van der Waals surface area contributed by atoms with E-state index in [-0.39, 0.29) is 37.0 Å². The molecule has 0 saturated carbocycles. The van der Waals surface area contributed by atoms with Crippen molar-refractivity contribution in [1.29, 1.82) is 5.26 Å². The van der Waals surface area contributed by atoms with Gasteiger partial charge in [-0.1, -0.05) is 11.6 Å². The van der Waals surface area contributed by atoms with Crippen molar-refractivity contribution in [3.8, 4) is 6.07 Å². The number of rotatable bonds is 5. The number of hydrazine groups is 1. The van der Waals surface area contributed by atoms with Crippen LogP contribution in [-0.4, -0.2) is 83.3 Å². The minimum Gasteiger partial charge on any atom is -0.345 e. The van der Waals surface area contributed by atoms with Crippen LogP contribution in [0.5, 0.6) is 0 Å². The molecular weight excluding hydrogens is 522 g/mol. The molecule has 1 atom stereocenters. The summed E-state index contributed by atoms with van der Waals surface area (Å²) < 4.78 is 28.3. The fourth-order valence-electron chi connectivity index (χ4n) is 4.66. The Labute approximate surface area is 218 Å². The Morgan fingerprint density at radius 2 is 2.03 bits per heavy atom. The molecule has 13 heteroatoms. The van der Waals surface area contributed by atoms with Gasteiger partial charge in [0.05, 0.1) is 18.3 Å². The lowest BCUT2D eigenvalue weighted by Gasteiger charge is -2.40. The van der Waals surface area contributed by atoms with Crippen LogP contribution in [0.4, 0.5) is 0 Å². The van der Waals surface area contributed by atoms with Crippen LogP contribution in [0.25, 0.3) is 10.9 Å². The van der Waals surface area contributed by atoms with E-state index in [1.165, 1.54) is 15.6 Å². The minimum absolute atomic E-state index is 0.0828. The number of nitrogens with one attached hydrogen (secondary N) is 1. The van der Waals surface area contributed by atoms with Gasteiger partial charge in [-0.3, -0.25) is 4.79 Å². The highest BCUT2D eigenvalue weighted by Gasteiger charge is 2.38. The zero-order valence-corrected chi connectivity index (χ0v) is 22.3. The van der Waals surface area contributed by atoms with Gasteiger partial charge in [0.25, 0.3) is 15.9 Å². The van der Waals surface area contributed by atoms with Gasteiger partial charge < -0.3 is 9.88 Å². The molecule has 1 aromatic carbocycles. The van der Waals surface area contributed by atoms with Crippen LogP contribution >= 0.6 is 22.9 Å². The van der Waals surface area contributed by atoms with Crippen LogP contribution in [0.3, 0.4) is 0 Å². The third-order valence-electron chi connectivity index (χ3n) is 6.77. The number of carbonyl (C=O) groups excluding carboxylic acids is 1. The molecule has 0 spiro atoms. The first kappa shape index (κ1) is 25.1. The van der Waals surface area contributed by atoms with Crippen LogP contribution < -0.4 is 0 Å². The summed E-state index contributed by atoms with van der Waals surface area (Å²) >= 11 is 7.45. The minimum atomic E-state index is -3.83. The number of carbonyl (C=O) groups is 1. The van der Waals surface area contributed by atoms with Gasteiger partial charge in [-0.2, -0.15) is 9.57 Å². The maximum absolute atomic E-state index is 13.5. The number of piperazine rings is 1. The molecule has 2 aliphatic heterocycles. The Morgan fingerprint density at radius 3 is 2.81 bits per heavy atom. The first-order chi connectivity index (χ1) is 17.2. The molecular formula is C23H26ClN7O3S2. The van der Waals surface area contributed by atoms with E-state index in [0.717, 1.165) is 10.6 Å². The van der Waals surface area contributed by atoms with Crippen LogP contribution in [0.2, 0.25) is 5.02 Å². The maximum Gasteiger partial charge on any atom is 0.283 e. The summed E-state index contributed by atoms with van der Waals surface area (Å²) in [5.74, 6) is -0.208. The highest BCUT2D eigenvalue weighted by molar-refractivity contribution is 7.89. The van der Waals surface area contributed by atoms with Gasteiger partial charge in [0.15, 0.2) is 5.01 Å². The average molecular weight is 548 g/mol. The molecule has 36 heavy (non-hydrogen) atoms. The summed E-state index contributed by atoms with van der Waals surface area (Å²) in [6, 6.07) is 8.43. The topological polar surface area (TPSA) is 117 Å². The molecule has 0 radical (unpaired) electrons. The number of fused-ring (bicyclic) bond motifs is 2. The number of hydrogen-bond donors (Lipinski definition) is 1. The number of aromatic amines is 1. The van der Waals surface area contributed by atoms with Crippen molar-refractivity contribution >= 4 is 49.8 Å². The van der Waals surface area contributed by atoms with Crippen LogP contribution in [0, 0.1) is 11.3 Å². The van der Waals surface area contributed by atoms with E-state index in [0.29, 0.717) is 40.4 Å². The van der Waals surface area contributed by atoms with Crippen molar-refractivity contribution in [1.82, 2.24) is 29.2 Å². The number of sulfonamides is 1. The van der Waals surface area contributed by atoms with Crippen LogP contribution in [0.1, 0.15) is 33.2 Å². The molecule has 1 saturated heterocycles. The van der Waals surface area contributed by atoms with Crippen molar-refractivity contribution in [2.24, 2.45) is 0 Å². The zero-order chi connectivity index (χ0) is 25.6. The second-order valence-electron chi connectivity index (χ2n) is 9.10. The van der Waals surface area contributed by atoms with Crippen molar-refractivity contribution < 1.29 is 13.2 Å². The van der Waals surface area contributed by atoms with Crippen molar-refractivity contribution in [2.45, 2.75) is 37.0 Å². The molecule has 0 bridgehead atoms. The van der Waals surface area contributed by atoms with E-state index in [1.54, 1.807) is 29.2 Å². The Balaban J connectivity index is 1.38. The quantitative estimate of drug-likeness (QED) is 0.522. The van der Waals surface area contributed by atoms with E-state index >= 15 is 0 Å². The number of thiazole rings is 1. The Morgan fingerprint density at radius 1 is 1.25 bits per heavy atom. The normalized spacial score (nSPS) is 19.9. The Kier molecular flexibility index (Phi) is 6.80. The molecule has 10 nitrogen and oxygen atoms in total. The monoisotopic (exact) mass is 547 g/mol. The molecule has 5 rings (SSSR count). The number of benzene rings is 1. The summed E-state index contributed by atoms with van der Waals surface area (Å²) in [6.07, 6.45) is 0.602. The second-order valence-corrected chi connectivity index (χ2v) is 12.5. The highest BCUT2D eigenvalue weighted by atomic mass is 35.5.